The molecule has 0 bridgehead atoms. The first kappa shape index (κ1) is 12.3. The maximum absolute atomic E-state index is 10.1. The van der Waals surface area contributed by atoms with Crippen molar-refractivity contribution in [2.24, 2.45) is 7.05 Å². The minimum Gasteiger partial charge on any atom is -0.387 e. The first-order valence-electron chi connectivity index (χ1n) is 5.67. The van der Waals surface area contributed by atoms with Crippen molar-refractivity contribution in [2.75, 3.05) is 0 Å². The van der Waals surface area contributed by atoms with Crippen LogP contribution in [-0.4, -0.2) is 19.9 Å². The lowest BCUT2D eigenvalue weighted by molar-refractivity contribution is 0.170. The third kappa shape index (κ3) is 2.73. The molecule has 17 heavy (non-hydrogen) atoms. The molecule has 0 aromatic carbocycles. The highest BCUT2D eigenvalue weighted by Gasteiger charge is 2.15. The molecule has 0 saturated carbocycles. The number of nitrogens with zero attached hydrogens (tertiary/aromatic N) is 3. The summed E-state index contributed by atoms with van der Waals surface area (Å²) in [5.74, 6) is 0. The van der Waals surface area contributed by atoms with Crippen LogP contribution in [0.4, 0.5) is 0 Å². The molecule has 0 aliphatic carbocycles. The molecule has 4 nitrogen and oxygen atoms in total. The van der Waals surface area contributed by atoms with Gasteiger partial charge in [-0.25, -0.2) is 4.98 Å². The van der Waals surface area contributed by atoms with Crippen LogP contribution in [0.3, 0.4) is 0 Å². The Bertz CT molecular complexity index is 504. The first-order valence-corrected chi connectivity index (χ1v) is 6.48. The van der Waals surface area contributed by atoms with Crippen molar-refractivity contribution in [3.63, 3.8) is 0 Å². The van der Waals surface area contributed by atoms with Gasteiger partial charge in [-0.05, 0) is 32.8 Å². The summed E-state index contributed by atoms with van der Waals surface area (Å²) in [6.07, 6.45) is 2.90. The minimum atomic E-state index is -0.420. The highest BCUT2D eigenvalue weighted by molar-refractivity contribution is 7.11. The average Bonchev–Trinajstić information content (AvgIpc) is 2.81. The SMILES string of the molecule is Cc1nc(C)c(C(O)CCc2ccnn2C)s1. The number of aromatic nitrogens is 3. The van der Waals surface area contributed by atoms with Crippen LogP contribution in [0.5, 0.6) is 0 Å². The number of aliphatic hydroxyl groups excluding tert-OH is 1. The second-order valence-corrected chi connectivity index (χ2v) is 5.42. The van der Waals surface area contributed by atoms with E-state index in [9.17, 15) is 5.11 Å². The van der Waals surface area contributed by atoms with Crippen LogP contribution < -0.4 is 0 Å². The number of thiazole rings is 1. The summed E-state index contributed by atoms with van der Waals surface area (Å²) in [7, 11) is 1.92. The molecule has 2 aromatic heterocycles. The highest BCUT2D eigenvalue weighted by atomic mass is 32.1. The van der Waals surface area contributed by atoms with Gasteiger partial charge in [0.05, 0.1) is 21.7 Å². The van der Waals surface area contributed by atoms with E-state index in [2.05, 4.69) is 10.1 Å². The Hall–Kier alpha value is -1.20. The monoisotopic (exact) mass is 251 g/mol. The Labute approximate surface area is 105 Å². The van der Waals surface area contributed by atoms with E-state index in [0.717, 1.165) is 27.7 Å². The molecular formula is C12H17N3OS. The van der Waals surface area contributed by atoms with Crippen LogP contribution in [0.25, 0.3) is 0 Å². The van der Waals surface area contributed by atoms with Gasteiger partial charge in [-0.1, -0.05) is 0 Å². The Morgan fingerprint density at radius 3 is 2.76 bits per heavy atom. The molecule has 2 rings (SSSR count). The highest BCUT2D eigenvalue weighted by Crippen LogP contribution is 2.27. The van der Waals surface area contributed by atoms with Crippen molar-refractivity contribution in [3.05, 3.63) is 33.5 Å². The van der Waals surface area contributed by atoms with Crippen molar-refractivity contribution in [2.45, 2.75) is 32.8 Å². The van der Waals surface area contributed by atoms with Crippen molar-refractivity contribution in [1.29, 1.82) is 0 Å². The zero-order valence-corrected chi connectivity index (χ0v) is 11.2. The van der Waals surface area contributed by atoms with Gasteiger partial charge in [-0.15, -0.1) is 11.3 Å². The number of rotatable bonds is 4. The third-order valence-electron chi connectivity index (χ3n) is 2.84. The molecule has 2 aromatic rings. The second-order valence-electron chi connectivity index (χ2n) is 4.18. The van der Waals surface area contributed by atoms with Gasteiger partial charge in [-0.3, -0.25) is 4.68 Å². The molecule has 0 fully saturated rings. The van der Waals surface area contributed by atoms with Crippen LogP contribution in [0.15, 0.2) is 12.3 Å². The molecule has 2 heterocycles. The fraction of sp³-hybridized carbons (Fsp3) is 0.500. The van der Waals surface area contributed by atoms with E-state index in [0.29, 0.717) is 6.42 Å². The zero-order chi connectivity index (χ0) is 12.4. The van der Waals surface area contributed by atoms with E-state index in [1.54, 1.807) is 17.5 Å². The number of hydrogen-bond donors (Lipinski definition) is 1. The number of aryl methyl sites for hydroxylation is 4. The maximum atomic E-state index is 10.1. The van der Waals surface area contributed by atoms with Crippen LogP contribution in [-0.2, 0) is 13.5 Å². The lowest BCUT2D eigenvalue weighted by atomic mass is 10.1. The molecule has 0 spiro atoms. The lowest BCUT2D eigenvalue weighted by Crippen LogP contribution is -2.03. The van der Waals surface area contributed by atoms with E-state index in [-0.39, 0.29) is 0 Å². The van der Waals surface area contributed by atoms with Gasteiger partial charge in [0.15, 0.2) is 0 Å². The predicted molar refractivity (Wildman–Crippen MR) is 68.1 cm³/mol. The molecule has 1 atom stereocenters. The minimum absolute atomic E-state index is 0.420. The largest absolute Gasteiger partial charge is 0.387 e. The molecule has 1 N–H and O–H groups in total. The average molecular weight is 251 g/mol. The smallest absolute Gasteiger partial charge is 0.0904 e. The lowest BCUT2D eigenvalue weighted by Gasteiger charge is -2.09. The molecule has 0 amide bonds. The van der Waals surface area contributed by atoms with Crippen molar-refractivity contribution < 1.29 is 5.11 Å². The van der Waals surface area contributed by atoms with Gasteiger partial charge in [0, 0.05) is 18.9 Å². The summed E-state index contributed by atoms with van der Waals surface area (Å²) >= 11 is 1.58. The van der Waals surface area contributed by atoms with E-state index in [4.69, 9.17) is 0 Å². The van der Waals surface area contributed by atoms with Gasteiger partial charge < -0.3 is 5.11 Å². The van der Waals surface area contributed by atoms with E-state index in [1.807, 2.05) is 31.6 Å². The van der Waals surface area contributed by atoms with Crippen molar-refractivity contribution in [3.8, 4) is 0 Å². The van der Waals surface area contributed by atoms with Crippen molar-refractivity contribution in [1.82, 2.24) is 14.8 Å². The summed E-state index contributed by atoms with van der Waals surface area (Å²) < 4.78 is 1.84. The predicted octanol–water partition coefficient (Wildman–Crippen LogP) is 2.16. The Morgan fingerprint density at radius 2 is 2.24 bits per heavy atom. The van der Waals surface area contributed by atoms with Gasteiger partial charge in [-0.2, -0.15) is 5.10 Å². The molecular weight excluding hydrogens is 234 g/mol. The summed E-state index contributed by atoms with van der Waals surface area (Å²) in [6.45, 7) is 3.92. The summed E-state index contributed by atoms with van der Waals surface area (Å²) in [6, 6.07) is 1.98. The standard InChI is InChI=1S/C12H17N3OS/c1-8-12(17-9(2)14-8)11(16)5-4-10-6-7-13-15(10)3/h6-7,11,16H,4-5H2,1-3H3. The fourth-order valence-corrected chi connectivity index (χ4v) is 2.87. The van der Waals surface area contributed by atoms with Gasteiger partial charge in [0.25, 0.3) is 0 Å². The fourth-order valence-electron chi connectivity index (χ4n) is 1.92. The molecule has 5 heteroatoms. The molecule has 0 saturated heterocycles. The number of hydrogen-bond acceptors (Lipinski definition) is 4. The molecule has 92 valence electrons. The zero-order valence-electron chi connectivity index (χ0n) is 10.3. The maximum Gasteiger partial charge on any atom is 0.0904 e. The second kappa shape index (κ2) is 4.98. The topological polar surface area (TPSA) is 50.9 Å². The van der Waals surface area contributed by atoms with Crippen LogP contribution >= 0.6 is 11.3 Å². The third-order valence-corrected chi connectivity index (χ3v) is 4.01. The van der Waals surface area contributed by atoms with Gasteiger partial charge >= 0.3 is 0 Å². The summed E-state index contributed by atoms with van der Waals surface area (Å²) in [5, 5.41) is 15.3. The molecule has 0 aliphatic rings. The van der Waals surface area contributed by atoms with Crippen molar-refractivity contribution >= 4 is 11.3 Å². The Morgan fingerprint density at radius 1 is 1.47 bits per heavy atom. The Kier molecular flexibility index (Phi) is 3.59. The first-order chi connectivity index (χ1) is 8.08. The Balaban J connectivity index is 2.00. The van der Waals surface area contributed by atoms with Gasteiger partial charge in [0.1, 0.15) is 0 Å². The quantitative estimate of drug-likeness (QED) is 0.906. The summed E-state index contributed by atoms with van der Waals surface area (Å²) in [5.41, 5.74) is 2.09. The van der Waals surface area contributed by atoms with E-state index in [1.165, 1.54) is 0 Å². The van der Waals surface area contributed by atoms with E-state index < -0.39 is 6.10 Å². The normalized spacial score (nSPS) is 12.9. The number of aliphatic hydroxyl groups is 1. The van der Waals surface area contributed by atoms with Crippen LogP contribution in [0.1, 0.15) is 33.8 Å². The molecule has 0 aliphatic heterocycles. The van der Waals surface area contributed by atoms with Crippen LogP contribution in [0.2, 0.25) is 0 Å². The van der Waals surface area contributed by atoms with E-state index >= 15 is 0 Å². The summed E-state index contributed by atoms with van der Waals surface area (Å²) in [4.78, 5) is 5.33. The van der Waals surface area contributed by atoms with Crippen LogP contribution in [0, 0.1) is 13.8 Å². The molecule has 1 unspecified atom stereocenters. The molecule has 0 radical (unpaired) electrons. The van der Waals surface area contributed by atoms with Gasteiger partial charge in [0.2, 0.25) is 0 Å².